The third-order valence-corrected chi connectivity index (χ3v) is 7.98. The normalized spacial score (nSPS) is 12.0. The molecular formula is C20H24N2O6S2. The van der Waals surface area contributed by atoms with E-state index in [0.717, 1.165) is 4.31 Å². The van der Waals surface area contributed by atoms with Crippen LogP contribution < -0.4 is 5.32 Å². The fourth-order valence-corrected chi connectivity index (χ4v) is 5.08. The van der Waals surface area contributed by atoms with E-state index in [9.17, 15) is 26.4 Å². The van der Waals surface area contributed by atoms with Crippen LogP contribution >= 0.6 is 0 Å². The summed E-state index contributed by atoms with van der Waals surface area (Å²) in [4.78, 5) is 23.6. The highest BCUT2D eigenvalue weighted by Gasteiger charge is 2.23. The zero-order chi connectivity index (χ0) is 22.4. The maximum atomic E-state index is 12.5. The molecule has 0 saturated carbocycles. The van der Waals surface area contributed by atoms with Crippen LogP contribution in [0.5, 0.6) is 0 Å². The molecule has 0 bridgehead atoms. The van der Waals surface area contributed by atoms with Gasteiger partial charge in [-0.3, -0.25) is 9.59 Å². The van der Waals surface area contributed by atoms with Crippen LogP contribution in [0.4, 0.5) is 0 Å². The minimum absolute atomic E-state index is 0.0308. The van der Waals surface area contributed by atoms with Crippen molar-refractivity contribution in [3.05, 3.63) is 60.2 Å². The molecule has 0 fully saturated rings. The Morgan fingerprint density at radius 2 is 1.50 bits per heavy atom. The van der Waals surface area contributed by atoms with Crippen molar-refractivity contribution >= 4 is 31.6 Å². The Hall–Kier alpha value is -2.56. The zero-order valence-corrected chi connectivity index (χ0v) is 18.4. The van der Waals surface area contributed by atoms with Gasteiger partial charge in [-0.15, -0.1) is 0 Å². The molecule has 1 amide bonds. The summed E-state index contributed by atoms with van der Waals surface area (Å²) in [6, 6.07) is 13.5. The maximum absolute atomic E-state index is 12.5. The molecule has 0 unspecified atom stereocenters. The average molecular weight is 453 g/mol. The Bertz CT molecular complexity index is 1100. The van der Waals surface area contributed by atoms with Crippen LogP contribution in [0.25, 0.3) is 0 Å². The van der Waals surface area contributed by atoms with Crippen molar-refractivity contribution in [2.24, 2.45) is 0 Å². The molecule has 2 rings (SSSR count). The van der Waals surface area contributed by atoms with Crippen molar-refractivity contribution in [2.45, 2.75) is 23.1 Å². The molecule has 0 aliphatic heterocycles. The van der Waals surface area contributed by atoms with E-state index in [1.807, 2.05) is 0 Å². The highest BCUT2D eigenvalue weighted by Crippen LogP contribution is 2.15. The Kier molecular flexibility index (Phi) is 7.88. The van der Waals surface area contributed by atoms with Crippen LogP contribution in [-0.4, -0.2) is 58.7 Å². The van der Waals surface area contributed by atoms with E-state index in [2.05, 4.69) is 5.32 Å². The van der Waals surface area contributed by atoms with Crippen molar-refractivity contribution in [2.75, 3.05) is 25.9 Å². The highest BCUT2D eigenvalue weighted by molar-refractivity contribution is 7.91. The predicted octanol–water partition coefficient (Wildman–Crippen LogP) is 1.49. The molecule has 0 aliphatic carbocycles. The van der Waals surface area contributed by atoms with E-state index >= 15 is 0 Å². The first-order chi connectivity index (χ1) is 14.0. The number of carbonyl (C=O) groups is 2. The van der Waals surface area contributed by atoms with E-state index in [0.29, 0.717) is 5.56 Å². The second kappa shape index (κ2) is 9.96. The van der Waals surface area contributed by atoms with Crippen LogP contribution in [0.1, 0.15) is 23.7 Å². The monoisotopic (exact) mass is 452 g/mol. The van der Waals surface area contributed by atoms with E-state index in [-0.39, 0.29) is 34.3 Å². The number of sulfone groups is 1. The van der Waals surface area contributed by atoms with Crippen molar-refractivity contribution in [1.29, 1.82) is 0 Å². The molecule has 0 aliphatic rings. The number of carbonyl (C=O) groups excluding carboxylic acids is 2. The third kappa shape index (κ3) is 6.22. The lowest BCUT2D eigenvalue weighted by molar-refractivity contribution is -0.121. The van der Waals surface area contributed by atoms with Gasteiger partial charge in [0, 0.05) is 19.2 Å². The van der Waals surface area contributed by atoms with Crippen LogP contribution in [-0.2, 0) is 24.7 Å². The first kappa shape index (κ1) is 23.7. The number of amides is 1. The molecule has 0 radical (unpaired) electrons. The minimum Gasteiger partial charge on any atom is -0.355 e. The van der Waals surface area contributed by atoms with Gasteiger partial charge in [0.2, 0.25) is 15.9 Å². The third-order valence-electron chi connectivity index (χ3n) is 4.35. The van der Waals surface area contributed by atoms with E-state index < -0.39 is 32.3 Å². The maximum Gasteiger partial charge on any atom is 0.243 e. The number of sulfonamides is 1. The van der Waals surface area contributed by atoms with Gasteiger partial charge in [0.15, 0.2) is 15.6 Å². The van der Waals surface area contributed by atoms with Crippen molar-refractivity contribution in [3.8, 4) is 0 Å². The number of hydrogen-bond donors (Lipinski definition) is 1. The van der Waals surface area contributed by atoms with Gasteiger partial charge in [0.25, 0.3) is 0 Å². The lowest BCUT2D eigenvalue weighted by Gasteiger charge is -2.17. The quantitative estimate of drug-likeness (QED) is 0.431. The smallest absolute Gasteiger partial charge is 0.243 e. The first-order valence-corrected chi connectivity index (χ1v) is 12.2. The summed E-state index contributed by atoms with van der Waals surface area (Å²) in [5.41, 5.74) is 0.389. The fraction of sp³-hybridized carbons (Fsp3) is 0.300. The molecule has 0 atom stereocenters. The number of nitrogens with one attached hydrogen (secondary N) is 1. The summed E-state index contributed by atoms with van der Waals surface area (Å²) in [6.07, 6.45) is 0.200. The zero-order valence-electron chi connectivity index (χ0n) is 16.7. The molecule has 8 nitrogen and oxygen atoms in total. The van der Waals surface area contributed by atoms with Crippen molar-refractivity contribution in [1.82, 2.24) is 9.62 Å². The van der Waals surface area contributed by atoms with Crippen LogP contribution in [0.15, 0.2) is 64.4 Å². The van der Waals surface area contributed by atoms with E-state index in [1.54, 1.807) is 18.2 Å². The van der Waals surface area contributed by atoms with Gasteiger partial charge in [0.05, 0.1) is 22.1 Å². The van der Waals surface area contributed by atoms with E-state index in [4.69, 9.17) is 0 Å². The largest absolute Gasteiger partial charge is 0.355 e. The predicted molar refractivity (Wildman–Crippen MR) is 112 cm³/mol. The number of nitrogens with zero attached hydrogens (tertiary/aromatic N) is 1. The second-order valence-corrected chi connectivity index (χ2v) is 10.8. The van der Waals surface area contributed by atoms with Gasteiger partial charge in [-0.25, -0.2) is 16.8 Å². The molecular weight excluding hydrogens is 428 g/mol. The van der Waals surface area contributed by atoms with Crippen LogP contribution in [0.3, 0.4) is 0 Å². The Morgan fingerprint density at radius 3 is 2.07 bits per heavy atom. The summed E-state index contributed by atoms with van der Waals surface area (Å²) in [5.74, 6) is -0.854. The first-order valence-electron chi connectivity index (χ1n) is 9.16. The molecule has 0 spiro atoms. The summed E-state index contributed by atoms with van der Waals surface area (Å²) >= 11 is 0. The lowest BCUT2D eigenvalue weighted by atomic mass is 10.2. The molecule has 30 heavy (non-hydrogen) atoms. The summed E-state index contributed by atoms with van der Waals surface area (Å²) in [7, 11) is -6.06. The van der Waals surface area contributed by atoms with Gasteiger partial charge >= 0.3 is 0 Å². The Balaban J connectivity index is 1.86. The number of likely N-dealkylation sites (N-methyl/N-ethyl adjacent to an activating group) is 1. The molecule has 10 heteroatoms. The summed E-state index contributed by atoms with van der Waals surface area (Å²) < 4.78 is 50.4. The number of benzene rings is 2. The van der Waals surface area contributed by atoms with Crippen LogP contribution in [0.2, 0.25) is 0 Å². The molecule has 0 saturated heterocycles. The molecule has 2 aromatic rings. The van der Waals surface area contributed by atoms with Gasteiger partial charge < -0.3 is 5.32 Å². The number of hydrogen-bond acceptors (Lipinski definition) is 6. The van der Waals surface area contributed by atoms with Gasteiger partial charge in [-0.05, 0) is 37.6 Å². The van der Waals surface area contributed by atoms with Gasteiger partial charge in [-0.2, -0.15) is 4.31 Å². The highest BCUT2D eigenvalue weighted by atomic mass is 32.2. The fourth-order valence-electron chi connectivity index (χ4n) is 2.62. The number of Topliss-reactive ketones (excluding diaryl/α,β-unsaturated/α-hetero) is 1. The van der Waals surface area contributed by atoms with E-state index in [1.165, 1.54) is 50.4 Å². The van der Waals surface area contributed by atoms with Crippen molar-refractivity contribution < 1.29 is 26.4 Å². The van der Waals surface area contributed by atoms with Gasteiger partial charge in [-0.1, -0.05) is 30.3 Å². The topological polar surface area (TPSA) is 118 Å². The number of ketones is 1. The molecule has 2 aromatic carbocycles. The molecule has 0 aromatic heterocycles. The minimum atomic E-state index is -3.90. The summed E-state index contributed by atoms with van der Waals surface area (Å²) in [5, 5.41) is 2.53. The Morgan fingerprint density at radius 1 is 0.900 bits per heavy atom. The Labute approximate surface area is 176 Å². The van der Waals surface area contributed by atoms with Crippen LogP contribution in [0, 0.1) is 0 Å². The molecule has 1 N–H and O–H groups in total. The second-order valence-electron chi connectivity index (χ2n) is 6.68. The molecule has 162 valence electrons. The summed E-state index contributed by atoms with van der Waals surface area (Å²) in [6.45, 7) is 1.07. The number of rotatable bonds is 10. The molecule has 0 heterocycles. The van der Waals surface area contributed by atoms with Gasteiger partial charge in [0.1, 0.15) is 0 Å². The lowest BCUT2D eigenvalue weighted by Crippen LogP contribution is -2.38. The SMILES string of the molecule is CC(=O)c1ccc(S(=O)(=O)N(C)CC(=O)NCCCS(=O)(=O)c2ccccc2)cc1. The standard InChI is InChI=1S/C20H24N2O6S2/c1-16(23)17-9-11-19(12-10-17)30(27,28)22(2)15-20(24)21-13-6-14-29(25,26)18-7-4-3-5-8-18/h3-5,7-12H,6,13-15H2,1-2H3,(H,21,24). The van der Waals surface area contributed by atoms with Crippen molar-refractivity contribution in [3.63, 3.8) is 0 Å². The average Bonchev–Trinajstić information content (AvgIpc) is 2.72.